The van der Waals surface area contributed by atoms with E-state index in [1.807, 2.05) is 25.1 Å². The molecule has 2 rings (SSSR count). The highest BCUT2D eigenvalue weighted by molar-refractivity contribution is 7.81. The van der Waals surface area contributed by atoms with Gasteiger partial charge in [0.1, 0.15) is 5.60 Å². The quantitative estimate of drug-likeness (QED) is 0.666. The van der Waals surface area contributed by atoms with Crippen LogP contribution < -0.4 is 5.32 Å². The maximum Gasteiger partial charge on any atom is 0.316 e. The summed E-state index contributed by atoms with van der Waals surface area (Å²) in [5.41, 5.74) is 1.48. The minimum atomic E-state index is -0.541. The number of carbonyl (C=O) groups is 1. The van der Waals surface area contributed by atoms with E-state index in [9.17, 15) is 4.79 Å². The molecule has 5 heteroatoms. The Kier molecular flexibility index (Phi) is 4.76. The van der Waals surface area contributed by atoms with Crippen LogP contribution in [0.25, 0.3) is 0 Å². The summed E-state index contributed by atoms with van der Waals surface area (Å²) >= 11 is 10.1. The molecule has 3 nitrogen and oxygen atoms in total. The molecule has 1 aromatic carbocycles. The lowest BCUT2D eigenvalue weighted by Gasteiger charge is -2.37. The zero-order chi connectivity index (χ0) is 13.9. The second kappa shape index (κ2) is 6.16. The monoisotopic (exact) mass is 299 g/mol. The summed E-state index contributed by atoms with van der Waals surface area (Å²) < 4.78 is 5.71. The molecule has 104 valence electrons. The molecule has 1 saturated heterocycles. The predicted molar refractivity (Wildman–Crippen MR) is 79.9 cm³/mol. The summed E-state index contributed by atoms with van der Waals surface area (Å²) in [4.78, 5) is 11.7. The van der Waals surface area contributed by atoms with Gasteiger partial charge in [-0.2, -0.15) is 12.6 Å². The highest BCUT2D eigenvalue weighted by atomic mass is 35.5. The van der Waals surface area contributed by atoms with Crippen molar-refractivity contribution in [2.24, 2.45) is 0 Å². The molecule has 0 aromatic heterocycles. The number of halogens is 1. The van der Waals surface area contributed by atoms with Crippen LogP contribution in [0.5, 0.6) is 0 Å². The van der Waals surface area contributed by atoms with Crippen LogP contribution in [0.4, 0.5) is 0 Å². The third-order valence-corrected chi connectivity index (χ3v) is 4.22. The Balaban J connectivity index is 2.35. The van der Waals surface area contributed by atoms with Crippen LogP contribution in [0.1, 0.15) is 24.0 Å². The normalized spacial score (nSPS) is 18.1. The molecule has 1 aliphatic rings. The topological polar surface area (TPSA) is 38.3 Å². The van der Waals surface area contributed by atoms with Crippen LogP contribution in [0.2, 0.25) is 5.02 Å². The lowest BCUT2D eigenvalue weighted by atomic mass is 9.84. The molecule has 0 saturated carbocycles. The molecule has 0 unspecified atom stereocenters. The van der Waals surface area contributed by atoms with Crippen LogP contribution in [0.3, 0.4) is 0 Å². The fourth-order valence-electron chi connectivity index (χ4n) is 2.46. The van der Waals surface area contributed by atoms with Crippen LogP contribution in [-0.2, 0) is 15.1 Å². The van der Waals surface area contributed by atoms with Crippen molar-refractivity contribution in [1.82, 2.24) is 5.32 Å². The van der Waals surface area contributed by atoms with Gasteiger partial charge in [-0.3, -0.25) is 4.79 Å². The minimum absolute atomic E-state index is 0.0990. The molecule has 0 aliphatic carbocycles. The van der Waals surface area contributed by atoms with E-state index in [2.05, 4.69) is 17.9 Å². The van der Waals surface area contributed by atoms with E-state index in [1.165, 1.54) is 0 Å². The number of ether oxygens (including phenoxy) is 1. The van der Waals surface area contributed by atoms with E-state index in [4.69, 9.17) is 16.3 Å². The number of rotatable bonds is 3. The molecule has 1 heterocycles. The molecular weight excluding hydrogens is 282 g/mol. The van der Waals surface area contributed by atoms with Gasteiger partial charge in [-0.1, -0.05) is 23.7 Å². The Bertz CT molecular complexity index is 473. The second-order valence-electron chi connectivity index (χ2n) is 4.84. The largest absolute Gasteiger partial charge is 0.453 e. The van der Waals surface area contributed by atoms with Gasteiger partial charge in [-0.05, 0) is 37.2 Å². The zero-order valence-electron chi connectivity index (χ0n) is 10.9. The summed E-state index contributed by atoms with van der Waals surface area (Å²) in [7, 11) is 0. The number of hydrogen-bond acceptors (Lipinski definition) is 4. The van der Waals surface area contributed by atoms with E-state index in [1.54, 1.807) is 0 Å². The van der Waals surface area contributed by atoms with Crippen molar-refractivity contribution in [3.8, 4) is 0 Å². The molecule has 19 heavy (non-hydrogen) atoms. The van der Waals surface area contributed by atoms with Gasteiger partial charge in [0.25, 0.3) is 0 Å². The highest BCUT2D eigenvalue weighted by Gasteiger charge is 2.37. The summed E-state index contributed by atoms with van der Waals surface area (Å²) in [6.45, 7) is 3.63. The maximum absolute atomic E-state index is 11.7. The Morgan fingerprint density at radius 1 is 1.47 bits per heavy atom. The number of carbonyl (C=O) groups excluding carboxylic acids is 1. The third kappa shape index (κ3) is 3.25. The molecule has 0 radical (unpaired) electrons. The van der Waals surface area contributed by atoms with Crippen LogP contribution in [0.15, 0.2) is 18.2 Å². The number of aryl methyl sites for hydroxylation is 1. The third-order valence-electron chi connectivity index (χ3n) is 3.53. The lowest BCUT2D eigenvalue weighted by molar-refractivity contribution is -0.160. The van der Waals surface area contributed by atoms with Crippen molar-refractivity contribution in [2.75, 3.05) is 18.8 Å². The molecule has 1 N–H and O–H groups in total. The van der Waals surface area contributed by atoms with Crippen LogP contribution in [-0.4, -0.2) is 24.8 Å². The van der Waals surface area contributed by atoms with E-state index >= 15 is 0 Å². The highest BCUT2D eigenvalue weighted by Crippen LogP contribution is 2.36. The standard InChI is InChI=1S/C14H18ClNO2S/c1-10-8-11(2-3-12(10)15)14(18-13(17)9-19)4-6-16-7-5-14/h2-3,8,16,19H,4-7,9H2,1H3. The van der Waals surface area contributed by atoms with Gasteiger partial charge in [-0.15, -0.1) is 0 Å². The number of nitrogens with one attached hydrogen (secondary N) is 1. The van der Waals surface area contributed by atoms with Crippen molar-refractivity contribution in [3.05, 3.63) is 34.3 Å². The minimum Gasteiger partial charge on any atom is -0.453 e. The first-order chi connectivity index (χ1) is 9.07. The SMILES string of the molecule is Cc1cc(C2(OC(=O)CS)CCNCC2)ccc1Cl. The van der Waals surface area contributed by atoms with Gasteiger partial charge in [-0.25, -0.2) is 0 Å². The molecule has 0 spiro atoms. The Labute approximate surface area is 124 Å². The van der Waals surface area contributed by atoms with Crippen molar-refractivity contribution < 1.29 is 9.53 Å². The first-order valence-electron chi connectivity index (χ1n) is 6.37. The fraction of sp³-hybridized carbons (Fsp3) is 0.500. The molecular formula is C14H18ClNO2S. The predicted octanol–water partition coefficient (Wildman–Crippen LogP) is 2.70. The van der Waals surface area contributed by atoms with Gasteiger partial charge in [0.15, 0.2) is 0 Å². The number of piperidine rings is 1. The van der Waals surface area contributed by atoms with Crippen molar-refractivity contribution in [1.29, 1.82) is 0 Å². The van der Waals surface area contributed by atoms with Crippen molar-refractivity contribution in [3.63, 3.8) is 0 Å². The van der Waals surface area contributed by atoms with Gasteiger partial charge < -0.3 is 10.1 Å². The first-order valence-corrected chi connectivity index (χ1v) is 7.38. The Morgan fingerprint density at radius 3 is 2.74 bits per heavy atom. The molecule has 1 fully saturated rings. The lowest BCUT2D eigenvalue weighted by Crippen LogP contribution is -2.43. The maximum atomic E-state index is 11.7. The Hall–Kier alpha value is -0.710. The smallest absolute Gasteiger partial charge is 0.316 e. The summed E-state index contributed by atoms with van der Waals surface area (Å²) in [6.07, 6.45) is 1.54. The van der Waals surface area contributed by atoms with E-state index in [0.717, 1.165) is 42.1 Å². The zero-order valence-corrected chi connectivity index (χ0v) is 12.6. The average Bonchev–Trinajstić information content (AvgIpc) is 2.42. The molecule has 1 aromatic rings. The molecule has 1 aliphatic heterocycles. The van der Waals surface area contributed by atoms with Crippen molar-refractivity contribution >= 4 is 30.2 Å². The number of hydrogen-bond donors (Lipinski definition) is 2. The van der Waals surface area contributed by atoms with Crippen LogP contribution >= 0.6 is 24.2 Å². The Morgan fingerprint density at radius 2 is 2.16 bits per heavy atom. The van der Waals surface area contributed by atoms with Gasteiger partial charge in [0.2, 0.25) is 0 Å². The number of thiol groups is 1. The average molecular weight is 300 g/mol. The second-order valence-corrected chi connectivity index (χ2v) is 5.56. The van der Waals surface area contributed by atoms with E-state index in [0.29, 0.717) is 0 Å². The van der Waals surface area contributed by atoms with E-state index < -0.39 is 5.60 Å². The summed E-state index contributed by atoms with van der Waals surface area (Å²) in [5, 5.41) is 4.02. The van der Waals surface area contributed by atoms with E-state index in [-0.39, 0.29) is 11.7 Å². The van der Waals surface area contributed by atoms with Gasteiger partial charge in [0.05, 0.1) is 5.75 Å². The number of benzene rings is 1. The summed E-state index contributed by atoms with van der Waals surface area (Å²) in [5.74, 6) is -0.181. The van der Waals surface area contributed by atoms with Crippen molar-refractivity contribution in [2.45, 2.75) is 25.4 Å². The number of esters is 1. The summed E-state index contributed by atoms with van der Waals surface area (Å²) in [6, 6.07) is 5.83. The van der Waals surface area contributed by atoms with Crippen LogP contribution in [0, 0.1) is 6.92 Å². The molecule has 0 atom stereocenters. The fourth-order valence-corrected chi connectivity index (χ4v) is 2.64. The van der Waals surface area contributed by atoms with Gasteiger partial charge >= 0.3 is 5.97 Å². The first kappa shape index (κ1) is 14.7. The molecule has 0 amide bonds. The van der Waals surface area contributed by atoms with Gasteiger partial charge in [0, 0.05) is 17.9 Å². The molecule has 0 bridgehead atoms.